The Morgan fingerprint density at radius 3 is 3.17 bits per heavy atom. The van der Waals surface area contributed by atoms with Crippen molar-refractivity contribution < 1.29 is 4.79 Å². The van der Waals surface area contributed by atoms with Gasteiger partial charge >= 0.3 is 0 Å². The number of hydrogen-bond donors (Lipinski definition) is 2. The average Bonchev–Trinajstić information content (AvgIpc) is 2.51. The molecule has 0 aliphatic rings. The van der Waals surface area contributed by atoms with Gasteiger partial charge in [0.1, 0.15) is 0 Å². The van der Waals surface area contributed by atoms with Gasteiger partial charge in [0, 0.05) is 18.1 Å². The number of hydrogen-bond acceptors (Lipinski definition) is 2. The van der Waals surface area contributed by atoms with Crippen LogP contribution in [-0.4, -0.2) is 28.0 Å². The van der Waals surface area contributed by atoms with Crippen LogP contribution >= 0.6 is 11.6 Å². The van der Waals surface area contributed by atoms with Crippen molar-refractivity contribution in [2.24, 2.45) is 0 Å². The van der Waals surface area contributed by atoms with Gasteiger partial charge in [0.25, 0.3) is 5.91 Å². The van der Waals surface area contributed by atoms with Crippen molar-refractivity contribution >= 4 is 17.5 Å². The fourth-order valence-corrected chi connectivity index (χ4v) is 0.788. The fourth-order valence-electron chi connectivity index (χ4n) is 0.710. The predicted octanol–water partition coefficient (Wildman–Crippen LogP) is 0.767. The van der Waals surface area contributed by atoms with Gasteiger partial charge in [-0.05, 0) is 6.92 Å². The standard InChI is InChI=1S/C7H10ClN3O/c1-5(8)2-9-7(12)6-3-10-11-4-6/h3-5H,2H2,1H3,(H,9,12)(H,10,11). The molecule has 0 aliphatic carbocycles. The third kappa shape index (κ3) is 2.54. The molecule has 0 aliphatic heterocycles. The third-order valence-corrected chi connectivity index (χ3v) is 1.46. The Kier molecular flexibility index (Phi) is 3.10. The quantitative estimate of drug-likeness (QED) is 0.687. The van der Waals surface area contributed by atoms with Crippen LogP contribution in [0.5, 0.6) is 0 Å². The number of rotatable bonds is 3. The van der Waals surface area contributed by atoms with Gasteiger partial charge in [-0.25, -0.2) is 0 Å². The summed E-state index contributed by atoms with van der Waals surface area (Å²) in [5.41, 5.74) is 0.521. The van der Waals surface area contributed by atoms with Crippen molar-refractivity contribution in [3.63, 3.8) is 0 Å². The number of aromatic amines is 1. The van der Waals surface area contributed by atoms with Gasteiger partial charge in [0.2, 0.25) is 0 Å². The first-order chi connectivity index (χ1) is 5.70. The van der Waals surface area contributed by atoms with E-state index in [1.807, 2.05) is 6.92 Å². The van der Waals surface area contributed by atoms with Gasteiger partial charge in [-0.3, -0.25) is 9.89 Å². The molecule has 1 heterocycles. The van der Waals surface area contributed by atoms with Crippen LogP contribution < -0.4 is 5.32 Å². The van der Waals surface area contributed by atoms with Crippen LogP contribution in [0.25, 0.3) is 0 Å². The molecule has 1 aromatic rings. The largest absolute Gasteiger partial charge is 0.350 e. The summed E-state index contributed by atoms with van der Waals surface area (Å²) in [6.07, 6.45) is 3.00. The molecule has 0 saturated carbocycles. The molecule has 1 aromatic heterocycles. The Morgan fingerprint density at radius 2 is 2.67 bits per heavy atom. The maximum atomic E-state index is 11.2. The molecule has 5 heteroatoms. The molecular formula is C7H10ClN3O. The van der Waals surface area contributed by atoms with Crippen LogP contribution in [0.4, 0.5) is 0 Å². The first kappa shape index (κ1) is 9.06. The molecule has 0 radical (unpaired) electrons. The normalized spacial score (nSPS) is 12.5. The van der Waals surface area contributed by atoms with E-state index in [0.29, 0.717) is 12.1 Å². The smallest absolute Gasteiger partial charge is 0.254 e. The number of aromatic nitrogens is 2. The molecule has 0 saturated heterocycles. The van der Waals surface area contributed by atoms with Crippen LogP contribution in [0.3, 0.4) is 0 Å². The number of nitrogens with zero attached hydrogens (tertiary/aromatic N) is 1. The van der Waals surface area contributed by atoms with Crippen LogP contribution in [0.2, 0.25) is 0 Å². The van der Waals surface area contributed by atoms with E-state index in [0.717, 1.165) is 0 Å². The highest BCUT2D eigenvalue weighted by Crippen LogP contribution is 1.94. The fraction of sp³-hybridized carbons (Fsp3) is 0.429. The van der Waals surface area contributed by atoms with Crippen molar-refractivity contribution in [2.45, 2.75) is 12.3 Å². The molecule has 0 aromatic carbocycles. The van der Waals surface area contributed by atoms with Crippen molar-refractivity contribution in [1.29, 1.82) is 0 Å². The lowest BCUT2D eigenvalue weighted by Crippen LogP contribution is -2.28. The second kappa shape index (κ2) is 4.11. The predicted molar refractivity (Wildman–Crippen MR) is 46.2 cm³/mol. The van der Waals surface area contributed by atoms with Crippen LogP contribution in [0.1, 0.15) is 17.3 Å². The zero-order chi connectivity index (χ0) is 8.97. The van der Waals surface area contributed by atoms with E-state index in [1.54, 1.807) is 0 Å². The second-order valence-electron chi connectivity index (χ2n) is 2.48. The molecule has 0 bridgehead atoms. The van der Waals surface area contributed by atoms with Gasteiger partial charge in [-0.1, -0.05) is 0 Å². The van der Waals surface area contributed by atoms with E-state index in [9.17, 15) is 4.79 Å². The lowest BCUT2D eigenvalue weighted by Gasteiger charge is -2.03. The van der Waals surface area contributed by atoms with Crippen LogP contribution in [-0.2, 0) is 0 Å². The topological polar surface area (TPSA) is 57.8 Å². The number of amides is 1. The first-order valence-corrected chi connectivity index (χ1v) is 4.05. The van der Waals surface area contributed by atoms with Crippen molar-refractivity contribution in [3.05, 3.63) is 18.0 Å². The zero-order valence-corrected chi connectivity index (χ0v) is 7.43. The van der Waals surface area contributed by atoms with Crippen LogP contribution in [0, 0.1) is 0 Å². The minimum Gasteiger partial charge on any atom is -0.350 e. The Hall–Kier alpha value is -1.03. The van der Waals surface area contributed by atoms with Crippen molar-refractivity contribution in [3.8, 4) is 0 Å². The summed E-state index contributed by atoms with van der Waals surface area (Å²) < 4.78 is 0. The number of carbonyl (C=O) groups excluding carboxylic acids is 1. The number of carbonyl (C=O) groups is 1. The SMILES string of the molecule is CC(Cl)CNC(=O)c1cn[nH]c1. The molecular weight excluding hydrogens is 178 g/mol. The number of H-pyrrole nitrogens is 1. The highest BCUT2D eigenvalue weighted by atomic mass is 35.5. The Balaban J connectivity index is 2.40. The maximum absolute atomic E-state index is 11.2. The molecule has 12 heavy (non-hydrogen) atoms. The van der Waals surface area contributed by atoms with Gasteiger partial charge in [-0.2, -0.15) is 5.10 Å². The minimum atomic E-state index is -0.156. The van der Waals surface area contributed by atoms with E-state index in [1.165, 1.54) is 12.4 Å². The summed E-state index contributed by atoms with van der Waals surface area (Å²) in [7, 11) is 0. The average molecular weight is 188 g/mol. The summed E-state index contributed by atoms with van der Waals surface area (Å²) >= 11 is 5.65. The number of halogens is 1. The third-order valence-electron chi connectivity index (χ3n) is 1.30. The highest BCUT2D eigenvalue weighted by molar-refractivity contribution is 6.20. The van der Waals surface area contributed by atoms with Gasteiger partial charge in [0.15, 0.2) is 0 Å². The molecule has 1 atom stereocenters. The van der Waals surface area contributed by atoms with Crippen LogP contribution in [0.15, 0.2) is 12.4 Å². The summed E-state index contributed by atoms with van der Waals surface area (Å²) in [6.45, 7) is 2.28. The Bertz CT molecular complexity index is 245. The van der Waals surface area contributed by atoms with E-state index in [2.05, 4.69) is 15.5 Å². The summed E-state index contributed by atoms with van der Waals surface area (Å²) in [6, 6.07) is 0. The summed E-state index contributed by atoms with van der Waals surface area (Å²) in [4.78, 5) is 11.2. The Labute approximate surface area is 75.3 Å². The molecule has 0 spiro atoms. The summed E-state index contributed by atoms with van der Waals surface area (Å²) in [5.74, 6) is -0.156. The van der Waals surface area contributed by atoms with E-state index in [-0.39, 0.29) is 11.3 Å². The maximum Gasteiger partial charge on any atom is 0.254 e. The molecule has 66 valence electrons. The molecule has 1 rings (SSSR count). The highest BCUT2D eigenvalue weighted by Gasteiger charge is 2.06. The number of alkyl halides is 1. The van der Waals surface area contributed by atoms with E-state index in [4.69, 9.17) is 11.6 Å². The van der Waals surface area contributed by atoms with Gasteiger partial charge in [-0.15, -0.1) is 11.6 Å². The van der Waals surface area contributed by atoms with E-state index >= 15 is 0 Å². The zero-order valence-electron chi connectivity index (χ0n) is 6.67. The van der Waals surface area contributed by atoms with Gasteiger partial charge < -0.3 is 5.32 Å². The van der Waals surface area contributed by atoms with Crippen molar-refractivity contribution in [2.75, 3.05) is 6.54 Å². The van der Waals surface area contributed by atoms with Crippen molar-refractivity contribution in [1.82, 2.24) is 15.5 Å². The molecule has 2 N–H and O–H groups in total. The lowest BCUT2D eigenvalue weighted by molar-refractivity contribution is 0.0954. The lowest BCUT2D eigenvalue weighted by atomic mass is 10.3. The Morgan fingerprint density at radius 1 is 1.92 bits per heavy atom. The molecule has 4 nitrogen and oxygen atoms in total. The molecule has 1 amide bonds. The second-order valence-corrected chi connectivity index (χ2v) is 3.22. The number of nitrogens with one attached hydrogen (secondary N) is 2. The first-order valence-electron chi connectivity index (χ1n) is 3.61. The molecule has 0 fully saturated rings. The molecule has 1 unspecified atom stereocenters. The monoisotopic (exact) mass is 187 g/mol. The van der Waals surface area contributed by atoms with Gasteiger partial charge in [0.05, 0.1) is 11.8 Å². The van der Waals surface area contributed by atoms with E-state index < -0.39 is 0 Å². The minimum absolute atomic E-state index is 0.0548. The summed E-state index contributed by atoms with van der Waals surface area (Å²) in [5, 5.41) is 8.80.